The third-order valence-corrected chi connectivity index (χ3v) is 3.31. The zero-order valence-corrected chi connectivity index (χ0v) is 14.5. The van der Waals surface area contributed by atoms with Gasteiger partial charge in [0, 0.05) is 17.3 Å². The Bertz CT molecular complexity index is 936. The van der Waals surface area contributed by atoms with Crippen LogP contribution in [0.15, 0.2) is 48.5 Å². The Labute approximate surface area is 162 Å². The molecule has 0 spiro atoms. The molecule has 0 saturated carbocycles. The van der Waals surface area contributed by atoms with Gasteiger partial charge in [-0.1, -0.05) is 18.2 Å². The zero-order chi connectivity index (χ0) is 21.4. The standard InChI is InChI=1S/C19H13F5N2O3/c20-18(21)29-16-4-2-1-3-12(16)5-8-17(27)26-14-6-7-15(13(9-14)10-25)28-11-19(22,23)24/h1-9,18H,11H2,(H,26,27)/b8-5+. The number of nitrogens with zero attached hydrogens (tertiary/aromatic N) is 1. The second-order valence-corrected chi connectivity index (χ2v) is 5.47. The molecule has 10 heteroatoms. The molecule has 5 nitrogen and oxygen atoms in total. The van der Waals surface area contributed by atoms with Crippen LogP contribution in [-0.2, 0) is 4.79 Å². The molecule has 1 amide bonds. The number of nitrogens with one attached hydrogen (secondary N) is 1. The summed E-state index contributed by atoms with van der Waals surface area (Å²) in [7, 11) is 0. The number of para-hydroxylation sites is 1. The number of carbonyl (C=O) groups excluding carboxylic acids is 1. The van der Waals surface area contributed by atoms with Gasteiger partial charge in [0.1, 0.15) is 17.6 Å². The number of hydrogen-bond donors (Lipinski definition) is 1. The lowest BCUT2D eigenvalue weighted by atomic mass is 10.1. The van der Waals surface area contributed by atoms with Gasteiger partial charge < -0.3 is 14.8 Å². The number of anilines is 1. The van der Waals surface area contributed by atoms with E-state index in [4.69, 9.17) is 5.26 Å². The largest absolute Gasteiger partial charge is 0.483 e. The Hall–Kier alpha value is -3.61. The van der Waals surface area contributed by atoms with Crippen LogP contribution in [0.25, 0.3) is 6.08 Å². The van der Waals surface area contributed by atoms with E-state index in [2.05, 4.69) is 14.8 Å². The van der Waals surface area contributed by atoms with E-state index in [9.17, 15) is 26.7 Å². The monoisotopic (exact) mass is 412 g/mol. The van der Waals surface area contributed by atoms with E-state index in [1.807, 2.05) is 0 Å². The van der Waals surface area contributed by atoms with E-state index >= 15 is 0 Å². The number of halogens is 5. The Morgan fingerprint density at radius 2 is 1.90 bits per heavy atom. The van der Waals surface area contributed by atoms with E-state index in [0.717, 1.165) is 18.2 Å². The highest BCUT2D eigenvalue weighted by Crippen LogP contribution is 2.25. The van der Waals surface area contributed by atoms with Gasteiger partial charge in [-0.3, -0.25) is 4.79 Å². The number of nitriles is 1. The SMILES string of the molecule is N#Cc1cc(NC(=O)/C=C/c2ccccc2OC(F)F)ccc1OCC(F)(F)F. The smallest absolute Gasteiger partial charge is 0.422 e. The van der Waals surface area contributed by atoms with Gasteiger partial charge in [-0.2, -0.15) is 27.2 Å². The highest BCUT2D eigenvalue weighted by molar-refractivity contribution is 6.02. The van der Waals surface area contributed by atoms with Gasteiger partial charge in [-0.05, 0) is 30.3 Å². The molecule has 0 fully saturated rings. The van der Waals surface area contributed by atoms with Gasteiger partial charge in [0.15, 0.2) is 6.61 Å². The lowest BCUT2D eigenvalue weighted by molar-refractivity contribution is -0.153. The van der Waals surface area contributed by atoms with Gasteiger partial charge in [-0.25, -0.2) is 0 Å². The highest BCUT2D eigenvalue weighted by atomic mass is 19.4. The number of rotatable bonds is 7. The van der Waals surface area contributed by atoms with Crippen molar-refractivity contribution in [2.45, 2.75) is 12.8 Å². The van der Waals surface area contributed by atoms with Gasteiger partial charge in [0.05, 0.1) is 5.56 Å². The molecule has 2 aromatic rings. The first kappa shape index (κ1) is 21.7. The molecule has 0 aliphatic heterocycles. The van der Waals surface area contributed by atoms with E-state index in [0.29, 0.717) is 0 Å². The van der Waals surface area contributed by atoms with Gasteiger partial charge in [-0.15, -0.1) is 0 Å². The topological polar surface area (TPSA) is 71.4 Å². The summed E-state index contributed by atoms with van der Waals surface area (Å²) in [6.07, 6.45) is -2.26. The fraction of sp³-hybridized carbons (Fsp3) is 0.158. The Morgan fingerprint density at radius 1 is 1.17 bits per heavy atom. The summed E-state index contributed by atoms with van der Waals surface area (Å²) >= 11 is 0. The molecular formula is C19H13F5N2O3. The Morgan fingerprint density at radius 3 is 2.55 bits per heavy atom. The summed E-state index contributed by atoms with van der Waals surface area (Å²) in [4.78, 5) is 12.0. The molecule has 0 radical (unpaired) electrons. The predicted molar refractivity (Wildman–Crippen MR) is 93.4 cm³/mol. The summed E-state index contributed by atoms with van der Waals surface area (Å²) in [6.45, 7) is -4.59. The Kier molecular flexibility index (Phi) is 7.14. The van der Waals surface area contributed by atoms with Gasteiger partial charge in [0.2, 0.25) is 5.91 Å². The summed E-state index contributed by atoms with van der Waals surface area (Å²) in [5, 5.41) is 11.5. The van der Waals surface area contributed by atoms with Crippen LogP contribution < -0.4 is 14.8 Å². The molecule has 152 valence electrons. The van der Waals surface area contributed by atoms with Gasteiger partial charge >= 0.3 is 12.8 Å². The minimum Gasteiger partial charge on any atom is -0.483 e. The second-order valence-electron chi connectivity index (χ2n) is 5.47. The van der Waals surface area contributed by atoms with Crippen LogP contribution >= 0.6 is 0 Å². The number of carbonyl (C=O) groups is 1. The Balaban J connectivity index is 2.08. The number of benzene rings is 2. The van der Waals surface area contributed by atoms with Crippen molar-refractivity contribution >= 4 is 17.7 Å². The molecule has 0 atom stereocenters. The van der Waals surface area contributed by atoms with Crippen LogP contribution in [0.5, 0.6) is 11.5 Å². The van der Waals surface area contributed by atoms with Crippen molar-refractivity contribution in [2.75, 3.05) is 11.9 Å². The molecule has 2 aromatic carbocycles. The molecule has 0 unspecified atom stereocenters. The lowest BCUT2D eigenvalue weighted by Gasteiger charge is -2.11. The summed E-state index contributed by atoms with van der Waals surface area (Å²) in [6, 6.07) is 11.0. The second kappa shape index (κ2) is 9.54. The zero-order valence-electron chi connectivity index (χ0n) is 14.5. The average molecular weight is 412 g/mol. The first-order valence-corrected chi connectivity index (χ1v) is 7.94. The fourth-order valence-electron chi connectivity index (χ4n) is 2.15. The molecule has 0 saturated heterocycles. The maximum absolute atomic E-state index is 12.4. The van der Waals surface area contributed by atoms with Crippen molar-refractivity contribution in [3.8, 4) is 17.6 Å². The molecule has 29 heavy (non-hydrogen) atoms. The minimum absolute atomic E-state index is 0.121. The number of alkyl halides is 5. The summed E-state index contributed by atoms with van der Waals surface area (Å²) < 4.78 is 70.4. The maximum atomic E-state index is 12.4. The molecule has 0 bridgehead atoms. The van der Waals surface area contributed by atoms with Gasteiger partial charge in [0.25, 0.3) is 0 Å². The number of amides is 1. The summed E-state index contributed by atoms with van der Waals surface area (Å²) in [5.41, 5.74) is 0.163. The van der Waals surface area contributed by atoms with Crippen molar-refractivity contribution in [1.82, 2.24) is 0 Å². The molecular weight excluding hydrogens is 399 g/mol. The van der Waals surface area contributed by atoms with Crippen molar-refractivity contribution in [2.24, 2.45) is 0 Å². The van der Waals surface area contributed by atoms with Crippen LogP contribution in [0.4, 0.5) is 27.6 Å². The maximum Gasteiger partial charge on any atom is 0.422 e. The van der Waals surface area contributed by atoms with E-state index in [-0.39, 0.29) is 28.3 Å². The molecule has 0 aromatic heterocycles. The lowest BCUT2D eigenvalue weighted by Crippen LogP contribution is -2.19. The van der Waals surface area contributed by atoms with Crippen molar-refractivity contribution < 1.29 is 36.2 Å². The van der Waals surface area contributed by atoms with Crippen LogP contribution in [0, 0.1) is 11.3 Å². The number of hydrogen-bond acceptors (Lipinski definition) is 4. The van der Waals surface area contributed by atoms with Crippen molar-refractivity contribution in [3.05, 3.63) is 59.7 Å². The third-order valence-electron chi connectivity index (χ3n) is 3.31. The predicted octanol–water partition coefficient (Wildman–Crippen LogP) is 4.75. The van der Waals surface area contributed by atoms with Crippen LogP contribution in [-0.4, -0.2) is 25.3 Å². The highest BCUT2D eigenvalue weighted by Gasteiger charge is 2.28. The average Bonchev–Trinajstić information content (AvgIpc) is 2.65. The summed E-state index contributed by atoms with van der Waals surface area (Å²) in [5.74, 6) is -1.06. The fourth-order valence-corrected chi connectivity index (χ4v) is 2.15. The van der Waals surface area contributed by atoms with Crippen molar-refractivity contribution in [1.29, 1.82) is 5.26 Å². The van der Waals surface area contributed by atoms with E-state index < -0.39 is 25.3 Å². The molecule has 0 heterocycles. The first-order valence-electron chi connectivity index (χ1n) is 7.94. The van der Waals surface area contributed by atoms with Crippen LogP contribution in [0.2, 0.25) is 0 Å². The molecule has 2 rings (SSSR count). The number of ether oxygens (including phenoxy) is 2. The first-order chi connectivity index (χ1) is 13.7. The molecule has 0 aliphatic carbocycles. The molecule has 1 N–H and O–H groups in total. The third kappa shape index (κ3) is 7.14. The quantitative estimate of drug-likeness (QED) is 0.526. The van der Waals surface area contributed by atoms with Crippen molar-refractivity contribution in [3.63, 3.8) is 0 Å². The van der Waals surface area contributed by atoms with Crippen LogP contribution in [0.1, 0.15) is 11.1 Å². The van der Waals surface area contributed by atoms with Crippen LogP contribution in [0.3, 0.4) is 0 Å². The molecule has 0 aliphatic rings. The van der Waals surface area contributed by atoms with E-state index in [1.165, 1.54) is 30.3 Å². The minimum atomic E-state index is -4.56. The van der Waals surface area contributed by atoms with E-state index in [1.54, 1.807) is 12.1 Å². The normalized spacial score (nSPS) is 11.3.